The molecular formula is C22H23N3O2S. The Morgan fingerprint density at radius 1 is 1.11 bits per heavy atom. The Labute approximate surface area is 168 Å². The van der Waals surface area contributed by atoms with Crippen LogP contribution in [0.2, 0.25) is 0 Å². The Kier molecular flexibility index (Phi) is 5.67. The van der Waals surface area contributed by atoms with E-state index >= 15 is 0 Å². The topological polar surface area (TPSA) is 65.2 Å². The largest absolute Gasteiger partial charge is 0.360 e. The quantitative estimate of drug-likeness (QED) is 0.631. The second-order valence-electron chi connectivity index (χ2n) is 6.92. The van der Waals surface area contributed by atoms with Crippen molar-refractivity contribution in [2.24, 2.45) is 0 Å². The first-order valence-electron chi connectivity index (χ1n) is 9.50. The molecule has 1 aliphatic rings. The minimum Gasteiger partial charge on any atom is -0.360 e. The standard InChI is InChI=1S/C22H23N3O2S/c26-21(23-12-6-9-16-7-2-1-3-8-16)20-14-28-15-25(20)22(27)18-13-24-19-11-5-4-10-17(18)19/h1-5,7-8,10-11,13,20,24H,6,9,12,14-15H2,(H,23,26)/t20-/m0/s1. The maximum Gasteiger partial charge on any atom is 0.257 e. The van der Waals surface area contributed by atoms with Crippen molar-refractivity contribution < 1.29 is 9.59 Å². The highest BCUT2D eigenvalue weighted by atomic mass is 32.2. The van der Waals surface area contributed by atoms with Crippen molar-refractivity contribution in [1.82, 2.24) is 15.2 Å². The van der Waals surface area contributed by atoms with Gasteiger partial charge in [-0.05, 0) is 24.5 Å². The number of hydrogen-bond acceptors (Lipinski definition) is 3. The van der Waals surface area contributed by atoms with E-state index in [1.54, 1.807) is 22.9 Å². The van der Waals surface area contributed by atoms with E-state index in [-0.39, 0.29) is 11.8 Å². The predicted molar refractivity (Wildman–Crippen MR) is 113 cm³/mol. The maximum absolute atomic E-state index is 13.1. The molecule has 2 amide bonds. The molecule has 28 heavy (non-hydrogen) atoms. The number of hydrogen-bond donors (Lipinski definition) is 2. The molecule has 0 bridgehead atoms. The van der Waals surface area contributed by atoms with Gasteiger partial charge in [0.05, 0.1) is 11.4 Å². The molecule has 6 heteroatoms. The molecule has 2 aromatic carbocycles. The molecule has 1 atom stereocenters. The van der Waals surface area contributed by atoms with Crippen LogP contribution in [-0.2, 0) is 11.2 Å². The minimum atomic E-state index is -0.414. The van der Waals surface area contributed by atoms with Crippen LogP contribution in [0.3, 0.4) is 0 Å². The van der Waals surface area contributed by atoms with Crippen LogP contribution in [0.4, 0.5) is 0 Å². The number of carbonyl (C=O) groups is 2. The summed E-state index contributed by atoms with van der Waals surface area (Å²) in [6.45, 7) is 0.615. The minimum absolute atomic E-state index is 0.0637. The Balaban J connectivity index is 1.36. The third kappa shape index (κ3) is 3.92. The van der Waals surface area contributed by atoms with Gasteiger partial charge in [0, 0.05) is 29.4 Å². The van der Waals surface area contributed by atoms with Gasteiger partial charge in [-0.1, -0.05) is 48.5 Å². The Morgan fingerprint density at radius 3 is 2.75 bits per heavy atom. The summed E-state index contributed by atoms with van der Waals surface area (Å²) in [5.74, 6) is 1.03. The number of carbonyl (C=O) groups excluding carboxylic acids is 2. The lowest BCUT2D eigenvalue weighted by Crippen LogP contribution is -2.47. The van der Waals surface area contributed by atoms with Gasteiger partial charge in [0.2, 0.25) is 5.91 Å². The lowest BCUT2D eigenvalue weighted by Gasteiger charge is -2.23. The summed E-state index contributed by atoms with van der Waals surface area (Å²) in [4.78, 5) is 30.6. The zero-order valence-corrected chi connectivity index (χ0v) is 16.4. The highest BCUT2D eigenvalue weighted by Crippen LogP contribution is 2.26. The van der Waals surface area contributed by atoms with Crippen LogP contribution in [0.15, 0.2) is 60.8 Å². The summed E-state index contributed by atoms with van der Waals surface area (Å²) in [5.41, 5.74) is 2.82. The number of aryl methyl sites for hydroxylation is 1. The van der Waals surface area contributed by atoms with E-state index in [0.29, 0.717) is 23.7 Å². The molecule has 0 unspecified atom stereocenters. The van der Waals surface area contributed by atoms with Crippen LogP contribution >= 0.6 is 11.8 Å². The third-order valence-corrected chi connectivity index (χ3v) is 6.06. The molecule has 5 nitrogen and oxygen atoms in total. The van der Waals surface area contributed by atoms with E-state index in [9.17, 15) is 9.59 Å². The predicted octanol–water partition coefficient (Wildman–Crippen LogP) is 3.43. The van der Waals surface area contributed by atoms with Crippen LogP contribution in [0.5, 0.6) is 0 Å². The highest BCUT2D eigenvalue weighted by Gasteiger charge is 2.35. The molecule has 4 rings (SSSR count). The molecule has 3 aromatic rings. The summed E-state index contributed by atoms with van der Waals surface area (Å²) < 4.78 is 0. The number of aromatic amines is 1. The molecule has 2 heterocycles. The van der Waals surface area contributed by atoms with Gasteiger partial charge in [0.15, 0.2) is 0 Å². The van der Waals surface area contributed by atoms with Gasteiger partial charge in [-0.25, -0.2) is 0 Å². The van der Waals surface area contributed by atoms with Gasteiger partial charge in [-0.2, -0.15) is 0 Å². The van der Waals surface area contributed by atoms with Crippen LogP contribution in [0, 0.1) is 0 Å². The van der Waals surface area contributed by atoms with Crippen LogP contribution in [-0.4, -0.2) is 45.9 Å². The lowest BCUT2D eigenvalue weighted by atomic mass is 10.1. The second-order valence-corrected chi connectivity index (χ2v) is 7.92. The average molecular weight is 394 g/mol. The van der Waals surface area contributed by atoms with E-state index in [1.165, 1.54) is 5.56 Å². The van der Waals surface area contributed by atoms with E-state index in [4.69, 9.17) is 0 Å². The summed E-state index contributed by atoms with van der Waals surface area (Å²) in [6, 6.07) is 17.6. The number of aromatic nitrogens is 1. The van der Waals surface area contributed by atoms with E-state index in [2.05, 4.69) is 22.4 Å². The van der Waals surface area contributed by atoms with Gasteiger partial charge < -0.3 is 15.2 Å². The third-order valence-electron chi connectivity index (χ3n) is 5.05. The molecule has 0 aliphatic carbocycles. The Bertz CT molecular complexity index is 970. The summed E-state index contributed by atoms with van der Waals surface area (Å²) in [7, 11) is 0. The summed E-state index contributed by atoms with van der Waals surface area (Å²) >= 11 is 1.62. The smallest absolute Gasteiger partial charge is 0.257 e. The number of H-pyrrole nitrogens is 1. The van der Waals surface area contributed by atoms with E-state index in [1.807, 2.05) is 42.5 Å². The molecule has 1 saturated heterocycles. The first-order valence-corrected chi connectivity index (χ1v) is 10.7. The molecule has 0 spiro atoms. The highest BCUT2D eigenvalue weighted by molar-refractivity contribution is 7.99. The Morgan fingerprint density at radius 2 is 1.89 bits per heavy atom. The molecule has 1 fully saturated rings. The molecule has 1 aromatic heterocycles. The number of fused-ring (bicyclic) bond motifs is 1. The molecule has 1 aliphatic heterocycles. The van der Waals surface area contributed by atoms with Crippen molar-refractivity contribution in [3.8, 4) is 0 Å². The summed E-state index contributed by atoms with van der Waals surface area (Å²) in [5, 5.41) is 3.90. The zero-order valence-electron chi connectivity index (χ0n) is 15.6. The number of nitrogens with zero attached hydrogens (tertiary/aromatic N) is 1. The van der Waals surface area contributed by atoms with Crippen LogP contribution < -0.4 is 5.32 Å². The number of rotatable bonds is 6. The van der Waals surface area contributed by atoms with E-state index in [0.717, 1.165) is 23.7 Å². The first kappa shape index (κ1) is 18.6. The van der Waals surface area contributed by atoms with Gasteiger partial charge in [0.1, 0.15) is 6.04 Å². The monoisotopic (exact) mass is 393 g/mol. The fourth-order valence-electron chi connectivity index (χ4n) is 3.53. The number of amides is 2. The zero-order chi connectivity index (χ0) is 19.3. The number of benzene rings is 2. The van der Waals surface area contributed by atoms with Crippen molar-refractivity contribution in [2.45, 2.75) is 18.9 Å². The van der Waals surface area contributed by atoms with Crippen molar-refractivity contribution in [1.29, 1.82) is 0 Å². The molecule has 144 valence electrons. The first-order chi connectivity index (χ1) is 13.7. The average Bonchev–Trinajstić information content (AvgIpc) is 3.39. The molecular weight excluding hydrogens is 370 g/mol. The van der Waals surface area contributed by atoms with Crippen LogP contribution in [0.1, 0.15) is 22.3 Å². The molecule has 0 saturated carbocycles. The summed E-state index contributed by atoms with van der Waals surface area (Å²) in [6.07, 6.45) is 3.55. The fraction of sp³-hybridized carbons (Fsp3) is 0.273. The second kappa shape index (κ2) is 8.52. The number of para-hydroxylation sites is 1. The van der Waals surface area contributed by atoms with Crippen molar-refractivity contribution >= 4 is 34.5 Å². The maximum atomic E-state index is 13.1. The van der Waals surface area contributed by atoms with Crippen molar-refractivity contribution in [3.05, 3.63) is 71.9 Å². The van der Waals surface area contributed by atoms with Gasteiger partial charge in [-0.3, -0.25) is 9.59 Å². The number of thioether (sulfide) groups is 1. The molecule has 2 N–H and O–H groups in total. The van der Waals surface area contributed by atoms with Crippen LogP contribution in [0.25, 0.3) is 10.9 Å². The Hall–Kier alpha value is -2.73. The van der Waals surface area contributed by atoms with Gasteiger partial charge in [0.25, 0.3) is 5.91 Å². The van der Waals surface area contributed by atoms with Gasteiger partial charge in [-0.15, -0.1) is 11.8 Å². The molecule has 0 radical (unpaired) electrons. The normalized spacial score (nSPS) is 16.4. The number of nitrogens with one attached hydrogen (secondary N) is 2. The van der Waals surface area contributed by atoms with E-state index < -0.39 is 6.04 Å². The lowest BCUT2D eigenvalue weighted by molar-refractivity contribution is -0.124. The SMILES string of the molecule is O=C(NCCCc1ccccc1)[C@@H]1CSCN1C(=O)c1c[nH]c2ccccc12. The van der Waals surface area contributed by atoms with Crippen molar-refractivity contribution in [3.63, 3.8) is 0 Å². The fourth-order valence-corrected chi connectivity index (χ4v) is 4.68. The van der Waals surface area contributed by atoms with Crippen molar-refractivity contribution in [2.75, 3.05) is 18.2 Å². The van der Waals surface area contributed by atoms with Gasteiger partial charge >= 0.3 is 0 Å².